The second kappa shape index (κ2) is 15.0. The first-order chi connectivity index (χ1) is 27.3. The van der Waals surface area contributed by atoms with Gasteiger partial charge in [-0.25, -0.2) is 15.0 Å². The molecule has 260 valence electrons. The van der Waals surface area contributed by atoms with E-state index in [0.29, 0.717) is 17.5 Å². The van der Waals surface area contributed by atoms with Gasteiger partial charge in [0.15, 0.2) is 17.5 Å². The molecule has 0 aliphatic carbocycles. The Balaban J connectivity index is 1.12. The van der Waals surface area contributed by atoms with Crippen LogP contribution >= 0.6 is 0 Å². The molecule has 0 radical (unpaired) electrons. The van der Waals surface area contributed by atoms with Crippen LogP contribution in [0.25, 0.3) is 56.4 Å². The Morgan fingerprint density at radius 2 is 0.509 bits per heavy atom. The lowest BCUT2D eigenvalue weighted by atomic mass is 9.65. The van der Waals surface area contributed by atoms with Gasteiger partial charge in [0.25, 0.3) is 0 Å². The number of rotatable bonds is 9. The maximum atomic E-state index is 5.06. The number of hydrogen-bond donors (Lipinski definition) is 0. The zero-order valence-electron chi connectivity index (χ0n) is 30.2. The maximum absolute atomic E-state index is 5.06. The number of hydrogen-bond acceptors (Lipinski definition) is 3. The quantitative estimate of drug-likeness (QED) is 0.141. The molecule has 0 amide bonds. The van der Waals surface area contributed by atoms with Crippen molar-refractivity contribution in [2.24, 2.45) is 0 Å². The van der Waals surface area contributed by atoms with Crippen LogP contribution in [0, 0.1) is 0 Å². The smallest absolute Gasteiger partial charge is 0.164 e. The largest absolute Gasteiger partial charge is 0.208 e. The Hall–Kier alpha value is -7.23. The van der Waals surface area contributed by atoms with Gasteiger partial charge in [-0.2, -0.15) is 0 Å². The van der Waals surface area contributed by atoms with E-state index in [1.54, 1.807) is 0 Å². The molecule has 9 rings (SSSR count). The van der Waals surface area contributed by atoms with Crippen molar-refractivity contribution in [1.82, 2.24) is 15.0 Å². The Labute approximate surface area is 322 Å². The molecule has 3 nitrogen and oxygen atoms in total. The average molecular weight is 704 g/mol. The monoisotopic (exact) mass is 703 g/mol. The SMILES string of the molecule is c1ccc(-c2ccc(-c3nc(-c4ccccc4)nc(-c4cccc(-c5ccc(C(c6ccccc6)(c6ccccc6)c6ccccc6)cc5)c4)n3)cc2)cc1. The van der Waals surface area contributed by atoms with E-state index in [4.69, 9.17) is 15.0 Å². The van der Waals surface area contributed by atoms with Crippen LogP contribution in [-0.2, 0) is 5.41 Å². The van der Waals surface area contributed by atoms with Crippen LogP contribution in [0.5, 0.6) is 0 Å². The summed E-state index contributed by atoms with van der Waals surface area (Å²) in [5.74, 6) is 1.91. The van der Waals surface area contributed by atoms with E-state index < -0.39 is 5.41 Å². The van der Waals surface area contributed by atoms with Gasteiger partial charge in [-0.15, -0.1) is 0 Å². The predicted octanol–water partition coefficient (Wildman–Crippen LogP) is 12.6. The maximum Gasteiger partial charge on any atom is 0.164 e. The van der Waals surface area contributed by atoms with E-state index in [1.807, 2.05) is 36.4 Å². The molecule has 0 spiro atoms. The average Bonchev–Trinajstić information content (AvgIpc) is 3.28. The van der Waals surface area contributed by atoms with E-state index in [1.165, 1.54) is 27.8 Å². The molecule has 0 saturated carbocycles. The highest BCUT2D eigenvalue weighted by Gasteiger charge is 2.38. The normalized spacial score (nSPS) is 11.3. The summed E-state index contributed by atoms with van der Waals surface area (Å²) in [5, 5.41) is 0. The Bertz CT molecular complexity index is 2550. The topological polar surface area (TPSA) is 38.7 Å². The van der Waals surface area contributed by atoms with Crippen LogP contribution < -0.4 is 0 Å². The van der Waals surface area contributed by atoms with Crippen LogP contribution in [0.1, 0.15) is 22.3 Å². The second-order valence-corrected chi connectivity index (χ2v) is 13.6. The first-order valence-corrected chi connectivity index (χ1v) is 18.6. The predicted molar refractivity (Wildman–Crippen MR) is 225 cm³/mol. The second-order valence-electron chi connectivity index (χ2n) is 13.6. The van der Waals surface area contributed by atoms with Gasteiger partial charge in [0.1, 0.15) is 0 Å². The van der Waals surface area contributed by atoms with Gasteiger partial charge in [-0.1, -0.05) is 218 Å². The minimum atomic E-state index is -0.501. The third-order valence-corrected chi connectivity index (χ3v) is 10.3. The van der Waals surface area contributed by atoms with Crippen molar-refractivity contribution in [3.8, 4) is 56.4 Å². The van der Waals surface area contributed by atoms with Crippen molar-refractivity contribution in [1.29, 1.82) is 0 Å². The molecule has 0 fully saturated rings. The molecule has 1 aromatic heterocycles. The van der Waals surface area contributed by atoms with E-state index in [0.717, 1.165) is 33.4 Å². The van der Waals surface area contributed by atoms with Gasteiger partial charge in [-0.3, -0.25) is 0 Å². The summed E-state index contributed by atoms with van der Waals surface area (Å²) in [7, 11) is 0. The van der Waals surface area contributed by atoms with E-state index in [9.17, 15) is 0 Å². The third kappa shape index (κ3) is 6.65. The Morgan fingerprint density at radius 1 is 0.218 bits per heavy atom. The molecule has 55 heavy (non-hydrogen) atoms. The highest BCUT2D eigenvalue weighted by Crippen LogP contribution is 2.45. The fourth-order valence-electron chi connectivity index (χ4n) is 7.61. The first kappa shape index (κ1) is 33.6. The summed E-state index contributed by atoms with van der Waals surface area (Å²) in [5.41, 5.74) is 11.7. The first-order valence-electron chi connectivity index (χ1n) is 18.6. The van der Waals surface area contributed by atoms with E-state index in [-0.39, 0.29) is 0 Å². The van der Waals surface area contributed by atoms with Crippen LogP contribution in [0.3, 0.4) is 0 Å². The van der Waals surface area contributed by atoms with Crippen molar-refractivity contribution < 1.29 is 0 Å². The summed E-state index contributed by atoms with van der Waals surface area (Å²) < 4.78 is 0. The zero-order valence-corrected chi connectivity index (χ0v) is 30.2. The summed E-state index contributed by atoms with van der Waals surface area (Å²) in [4.78, 5) is 15.1. The Morgan fingerprint density at radius 3 is 1.00 bits per heavy atom. The van der Waals surface area contributed by atoms with Gasteiger partial charge in [-0.05, 0) is 50.6 Å². The molecule has 1 heterocycles. The highest BCUT2D eigenvalue weighted by molar-refractivity contribution is 5.74. The number of nitrogens with zero attached hydrogens (tertiary/aromatic N) is 3. The van der Waals surface area contributed by atoms with Gasteiger partial charge in [0.05, 0.1) is 5.41 Å². The molecule has 0 saturated heterocycles. The Kier molecular flexibility index (Phi) is 9.17. The minimum Gasteiger partial charge on any atom is -0.208 e. The molecule has 0 N–H and O–H groups in total. The molecule has 0 bridgehead atoms. The van der Waals surface area contributed by atoms with Gasteiger partial charge in [0.2, 0.25) is 0 Å². The van der Waals surface area contributed by atoms with Gasteiger partial charge < -0.3 is 0 Å². The van der Waals surface area contributed by atoms with Crippen molar-refractivity contribution in [2.45, 2.75) is 5.41 Å². The van der Waals surface area contributed by atoms with Crippen LogP contribution in [-0.4, -0.2) is 15.0 Å². The molecule has 0 atom stereocenters. The fourth-order valence-corrected chi connectivity index (χ4v) is 7.61. The molecular formula is C52H37N3. The van der Waals surface area contributed by atoms with Crippen molar-refractivity contribution in [3.63, 3.8) is 0 Å². The lowest BCUT2D eigenvalue weighted by molar-refractivity contribution is 0.745. The third-order valence-electron chi connectivity index (χ3n) is 10.3. The lowest BCUT2D eigenvalue weighted by Gasteiger charge is -2.37. The van der Waals surface area contributed by atoms with Crippen molar-refractivity contribution in [2.75, 3.05) is 0 Å². The van der Waals surface area contributed by atoms with Gasteiger partial charge >= 0.3 is 0 Å². The number of aromatic nitrogens is 3. The standard InChI is InChI=1S/C52H37N3/c1-6-17-38(18-7-1)39-29-31-42(32-30-39)50-53-49(41-19-8-2-9-20-41)54-51(55-50)44-22-16-21-43(37-44)40-33-35-48(36-34-40)52(45-23-10-3-11-24-45,46-25-12-4-13-26-46)47-27-14-5-15-28-47/h1-37H. The summed E-state index contributed by atoms with van der Waals surface area (Å²) in [6.45, 7) is 0. The molecule has 0 unspecified atom stereocenters. The molecule has 0 aliphatic heterocycles. The van der Waals surface area contributed by atoms with Crippen LogP contribution in [0.2, 0.25) is 0 Å². The van der Waals surface area contributed by atoms with Crippen LogP contribution in [0.15, 0.2) is 224 Å². The van der Waals surface area contributed by atoms with Crippen LogP contribution in [0.4, 0.5) is 0 Å². The van der Waals surface area contributed by atoms with Crippen molar-refractivity contribution in [3.05, 3.63) is 247 Å². The molecule has 3 heteroatoms. The van der Waals surface area contributed by atoms with E-state index >= 15 is 0 Å². The summed E-state index contributed by atoms with van der Waals surface area (Å²) >= 11 is 0. The lowest BCUT2D eigenvalue weighted by Crippen LogP contribution is -2.30. The zero-order chi connectivity index (χ0) is 36.9. The van der Waals surface area contributed by atoms with E-state index in [2.05, 4.69) is 188 Å². The van der Waals surface area contributed by atoms with Gasteiger partial charge in [0, 0.05) is 16.7 Å². The molecular weight excluding hydrogens is 667 g/mol. The van der Waals surface area contributed by atoms with Crippen molar-refractivity contribution >= 4 is 0 Å². The molecule has 0 aliphatic rings. The minimum absolute atomic E-state index is 0.501. The molecule has 8 aromatic carbocycles. The molecule has 9 aromatic rings. The number of benzene rings is 8. The summed E-state index contributed by atoms with van der Waals surface area (Å²) in [6, 6.07) is 78.9. The highest BCUT2D eigenvalue weighted by atomic mass is 15.0. The summed E-state index contributed by atoms with van der Waals surface area (Å²) in [6.07, 6.45) is 0. The fraction of sp³-hybridized carbons (Fsp3) is 0.0192.